The fraction of sp³-hybridized carbons (Fsp3) is 0.278. The summed E-state index contributed by atoms with van der Waals surface area (Å²) in [7, 11) is 0. The van der Waals surface area contributed by atoms with Crippen molar-refractivity contribution in [1.29, 1.82) is 0 Å². The molecule has 0 aliphatic carbocycles. The maximum absolute atomic E-state index is 11.2. The van der Waals surface area contributed by atoms with Gasteiger partial charge in [0.25, 0.3) is 0 Å². The zero-order valence-electron chi connectivity index (χ0n) is 13.5. The molecule has 0 saturated carbocycles. The van der Waals surface area contributed by atoms with Crippen LogP contribution in [0.2, 0.25) is 10.0 Å². The van der Waals surface area contributed by atoms with Gasteiger partial charge in [-0.15, -0.1) is 0 Å². The van der Waals surface area contributed by atoms with E-state index in [1.165, 1.54) is 0 Å². The number of nitrogens with one attached hydrogen (secondary N) is 1. The van der Waals surface area contributed by atoms with Crippen LogP contribution in [-0.2, 0) is 6.54 Å². The molecule has 0 fully saturated rings. The van der Waals surface area contributed by atoms with E-state index < -0.39 is 5.97 Å². The lowest BCUT2D eigenvalue weighted by atomic mass is 10.1. The highest BCUT2D eigenvalue weighted by atomic mass is 35.5. The van der Waals surface area contributed by atoms with E-state index >= 15 is 0 Å². The Morgan fingerprint density at radius 2 is 2.04 bits per heavy atom. The molecule has 0 radical (unpaired) electrons. The molecular weight excluding hydrogens is 349 g/mol. The Labute approximate surface area is 151 Å². The van der Waals surface area contributed by atoms with Gasteiger partial charge in [0.1, 0.15) is 5.75 Å². The number of aromatic carboxylic acids is 1. The lowest BCUT2D eigenvalue weighted by molar-refractivity contribution is 0.0696. The van der Waals surface area contributed by atoms with Gasteiger partial charge >= 0.3 is 5.97 Å². The van der Waals surface area contributed by atoms with Crippen molar-refractivity contribution >= 4 is 34.9 Å². The summed E-state index contributed by atoms with van der Waals surface area (Å²) in [6.45, 7) is 4.76. The highest BCUT2D eigenvalue weighted by Crippen LogP contribution is 2.33. The molecule has 2 rings (SSSR count). The lowest BCUT2D eigenvalue weighted by Crippen LogP contribution is -2.07. The topological polar surface area (TPSA) is 58.6 Å². The Bertz CT molecular complexity index is 747. The molecule has 128 valence electrons. The SMILES string of the molecule is CCCOc1c(Cl)cc(Cl)cc1CNc1cccc(C(=O)O)c1C. The molecule has 0 amide bonds. The molecule has 0 unspecified atom stereocenters. The van der Waals surface area contributed by atoms with E-state index in [1.54, 1.807) is 31.2 Å². The first-order valence-corrected chi connectivity index (χ1v) is 8.37. The van der Waals surface area contributed by atoms with Gasteiger partial charge in [-0.25, -0.2) is 4.79 Å². The Hall–Kier alpha value is -1.91. The Morgan fingerprint density at radius 3 is 2.71 bits per heavy atom. The predicted molar refractivity (Wildman–Crippen MR) is 97.7 cm³/mol. The minimum Gasteiger partial charge on any atom is -0.492 e. The van der Waals surface area contributed by atoms with Crippen LogP contribution >= 0.6 is 23.2 Å². The van der Waals surface area contributed by atoms with Crippen LogP contribution in [0, 0.1) is 6.92 Å². The number of rotatable bonds is 7. The molecule has 6 heteroatoms. The van der Waals surface area contributed by atoms with E-state index in [1.807, 2.05) is 13.0 Å². The van der Waals surface area contributed by atoms with Crippen LogP contribution in [0.25, 0.3) is 0 Å². The van der Waals surface area contributed by atoms with E-state index in [-0.39, 0.29) is 5.56 Å². The second kappa shape index (κ2) is 8.27. The van der Waals surface area contributed by atoms with Crippen LogP contribution in [0.3, 0.4) is 0 Å². The third-order valence-electron chi connectivity index (χ3n) is 3.57. The summed E-state index contributed by atoms with van der Waals surface area (Å²) in [5.41, 5.74) is 2.51. The van der Waals surface area contributed by atoms with Crippen LogP contribution in [0.4, 0.5) is 5.69 Å². The average Bonchev–Trinajstić information content (AvgIpc) is 2.52. The number of ether oxygens (including phenoxy) is 1. The summed E-state index contributed by atoms with van der Waals surface area (Å²) in [5.74, 6) is -0.351. The summed E-state index contributed by atoms with van der Waals surface area (Å²) in [6, 6.07) is 8.56. The van der Waals surface area contributed by atoms with Gasteiger partial charge in [0, 0.05) is 22.8 Å². The number of hydrogen-bond acceptors (Lipinski definition) is 3. The van der Waals surface area contributed by atoms with Gasteiger partial charge in [-0.2, -0.15) is 0 Å². The zero-order chi connectivity index (χ0) is 17.7. The Balaban J connectivity index is 2.26. The first-order valence-electron chi connectivity index (χ1n) is 7.61. The second-order valence-electron chi connectivity index (χ2n) is 5.36. The maximum atomic E-state index is 11.2. The van der Waals surface area contributed by atoms with Crippen molar-refractivity contribution < 1.29 is 14.6 Å². The molecule has 0 atom stereocenters. The molecule has 0 spiro atoms. The lowest BCUT2D eigenvalue weighted by Gasteiger charge is -2.16. The van der Waals surface area contributed by atoms with E-state index in [9.17, 15) is 9.90 Å². The van der Waals surface area contributed by atoms with E-state index in [2.05, 4.69) is 5.32 Å². The van der Waals surface area contributed by atoms with Gasteiger partial charge in [0.2, 0.25) is 0 Å². The number of hydrogen-bond donors (Lipinski definition) is 2. The normalized spacial score (nSPS) is 10.5. The molecule has 0 aliphatic heterocycles. The number of halogens is 2. The first kappa shape index (κ1) is 18.4. The van der Waals surface area contributed by atoms with Gasteiger partial charge < -0.3 is 15.2 Å². The monoisotopic (exact) mass is 367 g/mol. The minimum absolute atomic E-state index is 0.270. The van der Waals surface area contributed by atoms with Crippen LogP contribution in [0.1, 0.15) is 34.8 Å². The standard InChI is InChI=1S/C18H19Cl2NO3/c1-3-7-24-17-12(8-13(19)9-15(17)20)10-21-16-6-4-5-14(11(16)2)18(22)23/h4-6,8-9,21H,3,7,10H2,1-2H3,(H,22,23). The van der Waals surface area contributed by atoms with Crippen molar-refractivity contribution in [2.75, 3.05) is 11.9 Å². The average molecular weight is 368 g/mol. The van der Waals surface area contributed by atoms with Crippen LogP contribution < -0.4 is 10.1 Å². The molecule has 24 heavy (non-hydrogen) atoms. The number of carboxylic acids is 1. The first-order chi connectivity index (χ1) is 11.4. The van der Waals surface area contributed by atoms with Crippen molar-refractivity contribution in [2.45, 2.75) is 26.8 Å². The summed E-state index contributed by atoms with van der Waals surface area (Å²) in [5, 5.41) is 13.4. The molecule has 0 heterocycles. The van der Waals surface area contributed by atoms with Gasteiger partial charge in [0.05, 0.1) is 17.2 Å². The predicted octanol–water partition coefficient (Wildman–Crippen LogP) is 5.40. The van der Waals surface area contributed by atoms with Crippen LogP contribution in [0.5, 0.6) is 5.75 Å². The highest BCUT2D eigenvalue weighted by Gasteiger charge is 2.13. The summed E-state index contributed by atoms with van der Waals surface area (Å²) in [4.78, 5) is 11.2. The maximum Gasteiger partial charge on any atom is 0.336 e. The van der Waals surface area contributed by atoms with Crippen LogP contribution in [0.15, 0.2) is 30.3 Å². The zero-order valence-corrected chi connectivity index (χ0v) is 15.0. The van der Waals surface area contributed by atoms with Crippen LogP contribution in [-0.4, -0.2) is 17.7 Å². The molecule has 2 aromatic rings. The summed E-state index contributed by atoms with van der Waals surface area (Å²) < 4.78 is 5.73. The fourth-order valence-corrected chi connectivity index (χ4v) is 2.95. The molecular formula is C18H19Cl2NO3. The Kier molecular flexibility index (Phi) is 6.35. The van der Waals surface area contributed by atoms with Crippen molar-refractivity contribution in [3.05, 3.63) is 57.1 Å². The van der Waals surface area contributed by atoms with Gasteiger partial charge in [-0.3, -0.25) is 0 Å². The van der Waals surface area contributed by atoms with Crippen molar-refractivity contribution in [3.63, 3.8) is 0 Å². The quantitative estimate of drug-likeness (QED) is 0.687. The van der Waals surface area contributed by atoms with E-state index in [0.717, 1.165) is 17.7 Å². The van der Waals surface area contributed by atoms with Crippen molar-refractivity contribution in [3.8, 4) is 5.75 Å². The number of carboxylic acid groups (broad SMARTS) is 1. The Morgan fingerprint density at radius 1 is 1.29 bits per heavy atom. The molecule has 4 nitrogen and oxygen atoms in total. The molecule has 0 bridgehead atoms. The molecule has 0 saturated heterocycles. The van der Waals surface area contributed by atoms with Gasteiger partial charge in [-0.1, -0.05) is 36.2 Å². The van der Waals surface area contributed by atoms with Gasteiger partial charge in [0.15, 0.2) is 0 Å². The summed E-state index contributed by atoms with van der Waals surface area (Å²) in [6.07, 6.45) is 0.867. The largest absolute Gasteiger partial charge is 0.492 e. The smallest absolute Gasteiger partial charge is 0.336 e. The third-order valence-corrected chi connectivity index (χ3v) is 4.07. The second-order valence-corrected chi connectivity index (χ2v) is 6.20. The van der Waals surface area contributed by atoms with E-state index in [4.69, 9.17) is 27.9 Å². The molecule has 0 aliphatic rings. The number of benzene rings is 2. The van der Waals surface area contributed by atoms with E-state index in [0.29, 0.717) is 34.5 Å². The molecule has 2 N–H and O–H groups in total. The highest BCUT2D eigenvalue weighted by molar-refractivity contribution is 6.35. The van der Waals surface area contributed by atoms with Gasteiger partial charge in [-0.05, 0) is 43.2 Å². The fourth-order valence-electron chi connectivity index (χ4n) is 2.36. The molecule has 2 aromatic carbocycles. The number of carbonyl (C=O) groups is 1. The number of anilines is 1. The minimum atomic E-state index is -0.950. The molecule has 0 aromatic heterocycles. The van der Waals surface area contributed by atoms with Crippen molar-refractivity contribution in [2.24, 2.45) is 0 Å². The van der Waals surface area contributed by atoms with Crippen molar-refractivity contribution in [1.82, 2.24) is 0 Å². The third kappa shape index (κ3) is 4.34. The summed E-state index contributed by atoms with van der Waals surface area (Å²) >= 11 is 12.3.